The molecular weight excluding hydrogens is 586 g/mol. The minimum Gasteiger partial charge on any atom is -0.486 e. The van der Waals surface area contributed by atoms with Crippen LogP contribution in [0.25, 0.3) is 22.0 Å². The molecule has 2 saturated heterocycles. The molecule has 11 heteroatoms. The highest BCUT2D eigenvalue weighted by molar-refractivity contribution is 6.04. The number of piperidine rings is 2. The quantitative estimate of drug-likeness (QED) is 0.282. The van der Waals surface area contributed by atoms with Gasteiger partial charge in [0.15, 0.2) is 5.78 Å². The van der Waals surface area contributed by atoms with Crippen LogP contribution in [-0.2, 0) is 11.8 Å². The van der Waals surface area contributed by atoms with Gasteiger partial charge in [0.05, 0.1) is 23.7 Å². The van der Waals surface area contributed by atoms with Crippen LogP contribution < -0.4 is 9.64 Å². The Kier molecular flexibility index (Phi) is 6.81. The van der Waals surface area contributed by atoms with Crippen LogP contribution in [0.15, 0.2) is 55.0 Å². The number of carboxylic acid groups (broad SMARTS) is 1. The minimum absolute atomic E-state index is 0.0192. The molecule has 2 aromatic heterocycles. The number of carbonyl (C=O) groups is 3. The lowest BCUT2D eigenvalue weighted by Crippen LogP contribution is -2.52. The van der Waals surface area contributed by atoms with Gasteiger partial charge in [-0.25, -0.2) is 4.79 Å². The molecular formula is C35H37N5O6. The fourth-order valence-corrected chi connectivity index (χ4v) is 7.48. The predicted molar refractivity (Wildman–Crippen MR) is 171 cm³/mol. The van der Waals surface area contributed by atoms with Crippen molar-refractivity contribution >= 4 is 34.4 Å². The summed E-state index contributed by atoms with van der Waals surface area (Å²) in [5, 5.41) is 14.4. The van der Waals surface area contributed by atoms with Crippen LogP contribution in [0.1, 0.15) is 71.7 Å². The van der Waals surface area contributed by atoms with E-state index in [2.05, 4.69) is 26.8 Å². The van der Waals surface area contributed by atoms with E-state index in [-0.39, 0.29) is 17.8 Å². The van der Waals surface area contributed by atoms with Crippen molar-refractivity contribution in [3.8, 4) is 16.9 Å². The number of anilines is 1. The van der Waals surface area contributed by atoms with Gasteiger partial charge in [0.25, 0.3) is 5.91 Å². The fourth-order valence-electron chi connectivity index (χ4n) is 7.48. The molecule has 1 aliphatic carbocycles. The minimum atomic E-state index is -1.24. The number of amides is 1. The van der Waals surface area contributed by atoms with Crippen LogP contribution in [0, 0.1) is 0 Å². The number of hydrogen-bond donors (Lipinski definition) is 1. The molecule has 238 valence electrons. The van der Waals surface area contributed by atoms with Gasteiger partial charge < -0.3 is 28.9 Å². The molecule has 2 aromatic carbocycles. The normalized spacial score (nSPS) is 19.7. The third-order valence-corrected chi connectivity index (χ3v) is 10.1. The summed E-state index contributed by atoms with van der Waals surface area (Å²) in [5.41, 5.74) is 4.58. The third kappa shape index (κ3) is 5.17. The Morgan fingerprint density at radius 1 is 1.00 bits per heavy atom. The summed E-state index contributed by atoms with van der Waals surface area (Å²) in [6.45, 7) is 2.32. The van der Waals surface area contributed by atoms with E-state index < -0.39 is 11.8 Å². The maximum absolute atomic E-state index is 14.1. The Balaban J connectivity index is 1.01. The number of Topliss-reactive ketones (excluding diaryl/α,β-unsaturated/α-hetero) is 1. The van der Waals surface area contributed by atoms with E-state index in [0.717, 1.165) is 40.6 Å². The summed E-state index contributed by atoms with van der Waals surface area (Å²) in [6.07, 6.45) is 9.23. The van der Waals surface area contributed by atoms with Crippen molar-refractivity contribution in [2.75, 3.05) is 31.1 Å². The van der Waals surface area contributed by atoms with E-state index in [0.29, 0.717) is 81.2 Å². The molecule has 1 spiro atoms. The van der Waals surface area contributed by atoms with Gasteiger partial charge in [-0.05, 0) is 48.7 Å². The highest BCUT2D eigenvalue weighted by Gasteiger charge is 2.44. The second kappa shape index (κ2) is 10.9. The molecule has 3 aliphatic heterocycles. The van der Waals surface area contributed by atoms with Gasteiger partial charge in [-0.3, -0.25) is 14.3 Å². The number of benzene rings is 2. The number of nitrogens with zero attached hydrogens (tertiary/aromatic N) is 5. The number of aryl methyl sites for hydroxylation is 1. The topological polar surface area (TPSA) is 119 Å². The number of ether oxygens (including phenoxy) is 2. The van der Waals surface area contributed by atoms with Gasteiger partial charge in [0.1, 0.15) is 17.5 Å². The molecule has 11 nitrogen and oxygen atoms in total. The molecule has 4 aliphatic rings. The monoisotopic (exact) mass is 623 g/mol. The lowest BCUT2D eigenvalue weighted by Gasteiger charge is -2.44. The molecule has 1 N–H and O–H groups in total. The van der Waals surface area contributed by atoms with E-state index in [9.17, 15) is 14.4 Å². The summed E-state index contributed by atoms with van der Waals surface area (Å²) in [6, 6.07) is 12.4. The first-order valence-electron chi connectivity index (χ1n) is 16.2. The van der Waals surface area contributed by atoms with E-state index in [1.165, 1.54) is 0 Å². The third-order valence-electron chi connectivity index (χ3n) is 10.1. The van der Waals surface area contributed by atoms with E-state index in [1.54, 1.807) is 10.9 Å². The first kappa shape index (κ1) is 28.7. The Labute approximate surface area is 266 Å². The average Bonchev–Trinajstić information content (AvgIpc) is 3.65. The SMILES string of the molecule is Cn1cc(-c2ccc3c(c2)C(=O)CC2(CCN(C(=O)c4cc(N5CCC(OC(=O)O)CC5)c5ccn(C6CC6)c5c4)CC2)O3)cn1. The first-order chi connectivity index (χ1) is 22.2. The summed E-state index contributed by atoms with van der Waals surface area (Å²) in [4.78, 5) is 42.7. The van der Waals surface area contributed by atoms with Gasteiger partial charge in [0.2, 0.25) is 0 Å². The molecule has 5 heterocycles. The van der Waals surface area contributed by atoms with Gasteiger partial charge in [-0.2, -0.15) is 5.10 Å². The van der Waals surface area contributed by atoms with Gasteiger partial charge >= 0.3 is 6.16 Å². The van der Waals surface area contributed by atoms with Gasteiger partial charge in [-0.15, -0.1) is 0 Å². The molecule has 1 amide bonds. The van der Waals surface area contributed by atoms with Crippen LogP contribution in [0.2, 0.25) is 0 Å². The Morgan fingerprint density at radius 2 is 1.78 bits per heavy atom. The van der Waals surface area contributed by atoms with Crippen molar-refractivity contribution in [2.45, 2.75) is 62.7 Å². The molecule has 0 bridgehead atoms. The second-order valence-electron chi connectivity index (χ2n) is 13.2. The van der Waals surface area contributed by atoms with Crippen molar-refractivity contribution in [2.24, 2.45) is 7.05 Å². The van der Waals surface area contributed by atoms with E-state index in [4.69, 9.17) is 14.6 Å². The highest BCUT2D eigenvalue weighted by Crippen LogP contribution is 2.43. The summed E-state index contributed by atoms with van der Waals surface area (Å²) >= 11 is 0. The number of ketones is 1. The molecule has 1 saturated carbocycles. The van der Waals surface area contributed by atoms with Crippen molar-refractivity contribution in [3.63, 3.8) is 0 Å². The second-order valence-corrected chi connectivity index (χ2v) is 13.2. The Morgan fingerprint density at radius 3 is 2.48 bits per heavy atom. The number of rotatable bonds is 5. The highest BCUT2D eigenvalue weighted by atomic mass is 16.7. The van der Waals surface area contributed by atoms with Crippen LogP contribution >= 0.6 is 0 Å². The van der Waals surface area contributed by atoms with Crippen molar-refractivity contribution in [1.29, 1.82) is 0 Å². The molecule has 8 rings (SSSR count). The maximum Gasteiger partial charge on any atom is 0.506 e. The summed E-state index contributed by atoms with van der Waals surface area (Å²) < 4.78 is 15.6. The predicted octanol–water partition coefficient (Wildman–Crippen LogP) is 5.68. The van der Waals surface area contributed by atoms with Crippen molar-refractivity contribution in [3.05, 3.63) is 66.1 Å². The van der Waals surface area contributed by atoms with E-state index >= 15 is 0 Å². The van der Waals surface area contributed by atoms with Crippen LogP contribution in [-0.4, -0.2) is 80.1 Å². The number of likely N-dealkylation sites (tertiary alicyclic amines) is 1. The van der Waals surface area contributed by atoms with Crippen LogP contribution in [0.3, 0.4) is 0 Å². The Hall–Kier alpha value is -4.80. The first-order valence-corrected chi connectivity index (χ1v) is 16.2. The summed E-state index contributed by atoms with van der Waals surface area (Å²) in [7, 11) is 1.87. The van der Waals surface area contributed by atoms with Crippen LogP contribution in [0.4, 0.5) is 10.5 Å². The number of hydrogen-bond acceptors (Lipinski definition) is 7. The average molecular weight is 624 g/mol. The molecule has 0 unspecified atom stereocenters. The Bertz CT molecular complexity index is 1860. The van der Waals surface area contributed by atoms with Crippen LogP contribution in [0.5, 0.6) is 5.75 Å². The van der Waals surface area contributed by atoms with Gasteiger partial charge in [0, 0.05) is 99.5 Å². The smallest absolute Gasteiger partial charge is 0.486 e. The molecule has 4 aromatic rings. The fraction of sp³-hybridized carbons (Fsp3) is 0.429. The lowest BCUT2D eigenvalue weighted by molar-refractivity contribution is -0.00572. The molecule has 0 radical (unpaired) electrons. The zero-order valence-electron chi connectivity index (χ0n) is 25.9. The van der Waals surface area contributed by atoms with E-state index in [1.807, 2.05) is 48.5 Å². The molecule has 3 fully saturated rings. The van der Waals surface area contributed by atoms with Gasteiger partial charge in [-0.1, -0.05) is 6.07 Å². The maximum atomic E-state index is 14.1. The standard InChI is InChI=1S/C35H37N5O6/c1-37-21-24(20-36-37)22-2-5-32-28(16-22)31(41)19-35(46-32)9-14-39(15-10-35)33(42)23-17-29(38-11-6-26(7-12-38)45-34(43)44)27-8-13-40(25-3-4-25)30(27)18-23/h2,5,8,13,16-18,20-21,25-26H,3-4,6-7,9-12,14-15,19H2,1H3,(H,43,44). The van der Waals surface area contributed by atoms with Crippen molar-refractivity contribution < 1.29 is 29.0 Å². The number of aromatic nitrogens is 3. The summed E-state index contributed by atoms with van der Waals surface area (Å²) in [5.74, 6) is 0.659. The number of carbonyl (C=O) groups excluding carboxylic acids is 2. The molecule has 0 atom stereocenters. The van der Waals surface area contributed by atoms with Crippen molar-refractivity contribution in [1.82, 2.24) is 19.2 Å². The largest absolute Gasteiger partial charge is 0.506 e. The molecule has 46 heavy (non-hydrogen) atoms. The zero-order chi connectivity index (χ0) is 31.6. The zero-order valence-corrected chi connectivity index (χ0v) is 25.9. The number of fused-ring (bicyclic) bond motifs is 2. The lowest BCUT2D eigenvalue weighted by atomic mass is 9.82.